The number of benzene rings is 2. The molecule has 0 fully saturated rings. The highest BCUT2D eigenvalue weighted by Crippen LogP contribution is 2.26. The Morgan fingerprint density at radius 3 is 2.50 bits per heavy atom. The number of alkyl halides is 3. The number of nitrogens with one attached hydrogen (secondary N) is 3. The predicted molar refractivity (Wildman–Crippen MR) is 98.5 cm³/mol. The summed E-state index contributed by atoms with van der Waals surface area (Å²) in [5.41, 5.74) is 1.55. The van der Waals surface area contributed by atoms with E-state index in [-0.39, 0.29) is 17.5 Å². The Hall–Kier alpha value is -4.09. The number of hydrogen-bond donors (Lipinski definition) is 3. The fourth-order valence-corrected chi connectivity index (χ4v) is 2.55. The van der Waals surface area contributed by atoms with Gasteiger partial charge >= 0.3 is 12.1 Å². The normalized spacial score (nSPS) is 11.5. The zero-order valence-electron chi connectivity index (χ0n) is 14.7. The number of nitrogens with zero attached hydrogens (tertiary/aromatic N) is 2. The van der Waals surface area contributed by atoms with Crippen molar-refractivity contribution >= 4 is 34.2 Å². The van der Waals surface area contributed by atoms with Crippen molar-refractivity contribution in [2.24, 2.45) is 0 Å². The molecule has 0 radical (unpaired) electrons. The summed E-state index contributed by atoms with van der Waals surface area (Å²) in [5.74, 6) is -1.90. The lowest BCUT2D eigenvalue weighted by Crippen LogP contribution is -2.17. The van der Waals surface area contributed by atoms with Crippen molar-refractivity contribution in [1.29, 1.82) is 0 Å². The van der Waals surface area contributed by atoms with Gasteiger partial charge in [-0.3, -0.25) is 4.98 Å². The first-order valence-corrected chi connectivity index (χ1v) is 8.30. The third kappa shape index (κ3) is 4.48. The molecule has 12 heteroatoms. The molecule has 8 nitrogen and oxygen atoms in total. The first kappa shape index (κ1) is 19.2. The summed E-state index contributed by atoms with van der Waals surface area (Å²) in [6.45, 7) is 0. The number of H-pyrrole nitrogens is 1. The van der Waals surface area contributed by atoms with E-state index in [0.29, 0.717) is 22.5 Å². The van der Waals surface area contributed by atoms with Crippen LogP contribution in [-0.4, -0.2) is 21.3 Å². The fraction of sp³-hybridized carbons (Fsp3) is 0.0556. The van der Waals surface area contributed by atoms with E-state index >= 15 is 0 Å². The van der Waals surface area contributed by atoms with Gasteiger partial charge in [0.05, 0.1) is 11.7 Å². The average molecular weight is 421 g/mol. The second-order valence-corrected chi connectivity index (χ2v) is 5.94. The van der Waals surface area contributed by atoms with Crippen LogP contribution in [0.4, 0.5) is 40.7 Å². The Bertz CT molecular complexity index is 1250. The maximum Gasteiger partial charge on any atom is 0.573 e. The van der Waals surface area contributed by atoms with E-state index in [1.807, 2.05) is 0 Å². The highest BCUT2D eigenvalue weighted by Gasteiger charge is 2.30. The summed E-state index contributed by atoms with van der Waals surface area (Å²) in [5, 5.41) is 5.51. The van der Waals surface area contributed by atoms with Gasteiger partial charge in [0.15, 0.2) is 17.2 Å². The SMILES string of the molecule is O=c1[nH]c2cc(Nc3nc(Nc4ccc(OC(F)(F)F)cc4)ncc3F)ccc2o1. The highest BCUT2D eigenvalue weighted by atomic mass is 19.4. The van der Waals surface area contributed by atoms with Crippen LogP contribution >= 0.6 is 0 Å². The Balaban J connectivity index is 1.51. The molecule has 4 aromatic rings. The summed E-state index contributed by atoms with van der Waals surface area (Å²) in [7, 11) is 0. The second kappa shape index (κ2) is 7.39. The number of rotatable bonds is 5. The monoisotopic (exact) mass is 421 g/mol. The van der Waals surface area contributed by atoms with E-state index in [9.17, 15) is 22.4 Å². The molecule has 0 saturated carbocycles. The summed E-state index contributed by atoms with van der Waals surface area (Å²) in [4.78, 5) is 21.5. The van der Waals surface area contributed by atoms with Crippen molar-refractivity contribution in [3.63, 3.8) is 0 Å². The van der Waals surface area contributed by atoms with Crippen LogP contribution < -0.4 is 21.1 Å². The first-order valence-electron chi connectivity index (χ1n) is 8.30. The van der Waals surface area contributed by atoms with E-state index in [0.717, 1.165) is 18.3 Å². The number of aromatic nitrogens is 3. The van der Waals surface area contributed by atoms with Crippen molar-refractivity contribution in [3.8, 4) is 5.75 Å². The molecule has 4 rings (SSSR count). The van der Waals surface area contributed by atoms with E-state index in [2.05, 4.69) is 30.3 Å². The fourth-order valence-electron chi connectivity index (χ4n) is 2.55. The zero-order valence-corrected chi connectivity index (χ0v) is 14.7. The van der Waals surface area contributed by atoms with Crippen LogP contribution in [0.3, 0.4) is 0 Å². The van der Waals surface area contributed by atoms with Crippen LogP contribution in [0.2, 0.25) is 0 Å². The largest absolute Gasteiger partial charge is 0.573 e. The number of oxazole rings is 1. The average Bonchev–Trinajstić information content (AvgIpc) is 3.04. The maximum atomic E-state index is 14.1. The van der Waals surface area contributed by atoms with E-state index in [1.165, 1.54) is 24.3 Å². The van der Waals surface area contributed by atoms with Gasteiger partial charge < -0.3 is 19.8 Å². The van der Waals surface area contributed by atoms with Crippen LogP contribution in [0.1, 0.15) is 0 Å². The van der Waals surface area contributed by atoms with E-state index in [4.69, 9.17) is 4.42 Å². The van der Waals surface area contributed by atoms with Crippen molar-refractivity contribution in [3.05, 3.63) is 65.0 Å². The number of aromatic amines is 1. The van der Waals surface area contributed by atoms with Crippen LogP contribution in [0.15, 0.2) is 57.9 Å². The summed E-state index contributed by atoms with van der Waals surface area (Å²) in [6.07, 6.45) is -3.86. The Kier molecular flexibility index (Phi) is 4.74. The summed E-state index contributed by atoms with van der Waals surface area (Å²) < 4.78 is 59.4. The summed E-state index contributed by atoms with van der Waals surface area (Å²) in [6, 6.07) is 9.49. The van der Waals surface area contributed by atoms with Gasteiger partial charge in [0.25, 0.3) is 0 Å². The molecule has 0 atom stereocenters. The number of ether oxygens (including phenoxy) is 1. The molecule has 0 aliphatic rings. The molecule has 154 valence electrons. The van der Waals surface area contributed by atoms with Gasteiger partial charge in [-0.15, -0.1) is 13.2 Å². The molecule has 2 aromatic carbocycles. The molecular weight excluding hydrogens is 410 g/mol. The van der Waals surface area contributed by atoms with E-state index < -0.39 is 17.9 Å². The minimum atomic E-state index is -4.79. The van der Waals surface area contributed by atoms with Gasteiger partial charge in [0.2, 0.25) is 5.95 Å². The molecule has 0 spiro atoms. The number of hydrogen-bond acceptors (Lipinski definition) is 7. The molecule has 2 heterocycles. The van der Waals surface area contributed by atoms with Gasteiger partial charge in [-0.1, -0.05) is 0 Å². The smallest absolute Gasteiger partial charge is 0.408 e. The lowest BCUT2D eigenvalue weighted by Gasteiger charge is -2.11. The Labute approximate surface area is 164 Å². The van der Waals surface area contributed by atoms with E-state index in [1.54, 1.807) is 6.07 Å². The van der Waals surface area contributed by atoms with Gasteiger partial charge in [0.1, 0.15) is 5.75 Å². The molecule has 0 unspecified atom stereocenters. The third-order valence-corrected chi connectivity index (χ3v) is 3.77. The minimum Gasteiger partial charge on any atom is -0.408 e. The number of halogens is 4. The Morgan fingerprint density at radius 2 is 1.77 bits per heavy atom. The van der Waals surface area contributed by atoms with Crippen LogP contribution in [0, 0.1) is 5.82 Å². The number of fused-ring (bicyclic) bond motifs is 1. The topological polar surface area (TPSA) is 105 Å². The highest BCUT2D eigenvalue weighted by molar-refractivity contribution is 5.78. The quantitative estimate of drug-likeness (QED) is 0.409. The molecule has 2 aromatic heterocycles. The zero-order chi connectivity index (χ0) is 21.3. The van der Waals surface area contributed by atoms with Gasteiger partial charge in [-0.05, 0) is 42.5 Å². The van der Waals surface area contributed by atoms with Gasteiger partial charge in [-0.25, -0.2) is 14.2 Å². The lowest BCUT2D eigenvalue weighted by atomic mass is 10.3. The maximum absolute atomic E-state index is 14.1. The van der Waals surface area contributed by atoms with Gasteiger partial charge in [0, 0.05) is 11.4 Å². The summed E-state index contributed by atoms with van der Waals surface area (Å²) >= 11 is 0. The molecular formula is C18H11F4N5O3. The van der Waals surface area contributed by atoms with Crippen molar-refractivity contribution in [2.75, 3.05) is 10.6 Å². The van der Waals surface area contributed by atoms with Gasteiger partial charge in [-0.2, -0.15) is 4.98 Å². The minimum absolute atomic E-state index is 0.00110. The van der Waals surface area contributed by atoms with Crippen molar-refractivity contribution in [2.45, 2.75) is 6.36 Å². The Morgan fingerprint density at radius 1 is 1.03 bits per heavy atom. The molecule has 0 aliphatic carbocycles. The van der Waals surface area contributed by atoms with Crippen LogP contribution in [-0.2, 0) is 0 Å². The lowest BCUT2D eigenvalue weighted by molar-refractivity contribution is -0.274. The predicted octanol–water partition coefficient (Wildman–Crippen LogP) is 4.44. The number of anilines is 4. The standard InChI is InChI=1S/C18H11F4N5O3/c19-12-8-23-16(25-9-1-4-11(5-2-9)30-18(20,21)22)27-15(12)24-10-3-6-14-13(7-10)26-17(28)29-14/h1-8H,(H,26,28)(H2,23,24,25,27). The molecule has 3 N–H and O–H groups in total. The van der Waals surface area contributed by atoms with Crippen molar-refractivity contribution in [1.82, 2.24) is 15.0 Å². The second-order valence-electron chi connectivity index (χ2n) is 5.94. The van der Waals surface area contributed by atoms with Crippen molar-refractivity contribution < 1.29 is 26.7 Å². The van der Waals surface area contributed by atoms with Crippen LogP contribution in [0.25, 0.3) is 11.1 Å². The molecule has 0 saturated heterocycles. The molecule has 0 aliphatic heterocycles. The molecule has 0 bridgehead atoms. The molecule has 30 heavy (non-hydrogen) atoms. The van der Waals surface area contributed by atoms with Crippen LogP contribution in [0.5, 0.6) is 5.75 Å². The first-order chi connectivity index (χ1) is 14.2. The molecule has 0 amide bonds. The third-order valence-electron chi connectivity index (χ3n) is 3.77.